The SMILES string of the molecule is CC(C)c1cccc(C(C)C)c1-c1c(-c2ccccc2)nn(-c2[c-]c3c(cc2)c2ccccc2n3-c2[c-]c(-c3nccn3C)ccc2)c1C(C)(C)C.[Pt+2]. The molecule has 0 saturated carbocycles. The van der Waals surface area contributed by atoms with Crippen molar-refractivity contribution in [2.24, 2.45) is 7.05 Å². The maximum atomic E-state index is 5.57. The van der Waals surface area contributed by atoms with E-state index in [-0.39, 0.29) is 26.5 Å². The van der Waals surface area contributed by atoms with E-state index in [0.29, 0.717) is 11.8 Å². The van der Waals surface area contributed by atoms with Gasteiger partial charge in [-0.05, 0) is 51.4 Å². The Morgan fingerprint density at radius 2 is 1.34 bits per heavy atom. The molecule has 0 aliphatic rings. The van der Waals surface area contributed by atoms with Crippen molar-refractivity contribution in [3.8, 4) is 45.1 Å². The summed E-state index contributed by atoms with van der Waals surface area (Å²) in [6, 6.07) is 44.4. The molecule has 0 aliphatic heterocycles. The Morgan fingerprint density at radius 3 is 2.00 bits per heavy atom. The number of benzene rings is 5. The van der Waals surface area contributed by atoms with Crippen molar-refractivity contribution in [2.75, 3.05) is 0 Å². The van der Waals surface area contributed by atoms with Crippen molar-refractivity contribution < 1.29 is 21.1 Å². The first-order chi connectivity index (χ1) is 25.0. The van der Waals surface area contributed by atoms with E-state index >= 15 is 0 Å². The number of hydrogen-bond acceptors (Lipinski definition) is 2. The smallest absolute Gasteiger partial charge is 0.373 e. The summed E-state index contributed by atoms with van der Waals surface area (Å²) >= 11 is 0. The quantitative estimate of drug-likeness (QED) is 0.150. The molecule has 0 aliphatic carbocycles. The Bertz CT molecular complexity index is 2550. The molecule has 0 bridgehead atoms. The van der Waals surface area contributed by atoms with Crippen molar-refractivity contribution in [1.82, 2.24) is 23.9 Å². The van der Waals surface area contributed by atoms with E-state index in [4.69, 9.17) is 5.10 Å². The van der Waals surface area contributed by atoms with Gasteiger partial charge in [-0.15, -0.1) is 47.3 Å². The Kier molecular flexibility index (Phi) is 9.68. The van der Waals surface area contributed by atoms with Crippen LogP contribution in [0.4, 0.5) is 0 Å². The van der Waals surface area contributed by atoms with Crippen LogP contribution in [0.15, 0.2) is 116 Å². The van der Waals surface area contributed by atoms with Crippen LogP contribution in [-0.4, -0.2) is 23.9 Å². The summed E-state index contributed by atoms with van der Waals surface area (Å²) in [5.41, 5.74) is 13.1. The van der Waals surface area contributed by atoms with Gasteiger partial charge in [-0.25, -0.2) is 0 Å². The maximum Gasteiger partial charge on any atom is 2.00 e. The molecule has 53 heavy (non-hydrogen) atoms. The summed E-state index contributed by atoms with van der Waals surface area (Å²) < 4.78 is 6.49. The molecule has 3 heterocycles. The van der Waals surface area contributed by atoms with Gasteiger partial charge in [0.2, 0.25) is 0 Å². The topological polar surface area (TPSA) is 40.6 Å². The van der Waals surface area contributed by atoms with Crippen LogP contribution in [-0.2, 0) is 33.5 Å². The van der Waals surface area contributed by atoms with Gasteiger partial charge in [0.05, 0.1) is 11.5 Å². The molecule has 0 amide bonds. The van der Waals surface area contributed by atoms with E-state index < -0.39 is 0 Å². The Morgan fingerprint density at radius 1 is 0.660 bits per heavy atom. The van der Waals surface area contributed by atoms with Gasteiger partial charge in [-0.2, -0.15) is 11.2 Å². The summed E-state index contributed by atoms with van der Waals surface area (Å²) in [6.07, 6.45) is 3.80. The van der Waals surface area contributed by atoms with Crippen molar-refractivity contribution >= 4 is 21.8 Å². The predicted molar refractivity (Wildman–Crippen MR) is 216 cm³/mol. The first kappa shape index (κ1) is 36.4. The van der Waals surface area contributed by atoms with E-state index in [9.17, 15) is 0 Å². The van der Waals surface area contributed by atoms with Crippen molar-refractivity contribution in [1.29, 1.82) is 0 Å². The monoisotopic (exact) mass is 874 g/mol. The number of imidazole rings is 1. The molecule has 8 rings (SSSR count). The summed E-state index contributed by atoms with van der Waals surface area (Å²) in [6.45, 7) is 16.1. The average Bonchev–Trinajstić information content (AvgIpc) is 3.85. The first-order valence-electron chi connectivity index (χ1n) is 18.3. The molecule has 8 aromatic rings. The number of aromatic nitrogens is 5. The van der Waals surface area contributed by atoms with Gasteiger partial charge < -0.3 is 9.13 Å². The molecule has 268 valence electrons. The molecule has 0 spiro atoms. The second-order valence-corrected chi connectivity index (χ2v) is 15.5. The van der Waals surface area contributed by atoms with Crippen LogP contribution in [0.2, 0.25) is 0 Å². The average molecular weight is 875 g/mol. The number of hydrogen-bond donors (Lipinski definition) is 0. The first-order valence-corrected chi connectivity index (χ1v) is 18.3. The van der Waals surface area contributed by atoms with Crippen LogP contribution in [0.25, 0.3) is 67.0 Å². The van der Waals surface area contributed by atoms with Crippen LogP contribution < -0.4 is 0 Å². The van der Waals surface area contributed by atoms with Crippen molar-refractivity contribution in [3.05, 3.63) is 144 Å². The molecule has 0 fully saturated rings. The van der Waals surface area contributed by atoms with E-state index in [1.807, 2.05) is 24.0 Å². The third-order valence-electron chi connectivity index (χ3n) is 10.1. The minimum absolute atomic E-state index is 0. The number of para-hydroxylation sites is 1. The minimum Gasteiger partial charge on any atom is -0.373 e. The second-order valence-electron chi connectivity index (χ2n) is 15.5. The minimum atomic E-state index is -0.257. The molecule has 5 aromatic carbocycles. The largest absolute Gasteiger partial charge is 2.00 e. The zero-order valence-corrected chi connectivity index (χ0v) is 33.9. The summed E-state index contributed by atoms with van der Waals surface area (Å²) in [5.74, 6) is 1.55. The maximum absolute atomic E-state index is 5.57. The van der Waals surface area contributed by atoms with Crippen molar-refractivity contribution in [3.63, 3.8) is 0 Å². The molecule has 0 unspecified atom stereocenters. The number of rotatable bonds is 7. The van der Waals surface area contributed by atoms with E-state index in [2.05, 4.69) is 178 Å². The second kappa shape index (κ2) is 14.1. The van der Waals surface area contributed by atoms with E-state index in [0.717, 1.165) is 50.4 Å². The van der Waals surface area contributed by atoms with Crippen molar-refractivity contribution in [2.45, 2.75) is 65.7 Å². The third-order valence-corrected chi connectivity index (χ3v) is 10.1. The molecule has 0 atom stereocenters. The fourth-order valence-electron chi connectivity index (χ4n) is 7.76. The normalized spacial score (nSPS) is 12.0. The zero-order valence-electron chi connectivity index (χ0n) is 31.7. The zero-order chi connectivity index (χ0) is 36.3. The van der Waals surface area contributed by atoms with Gasteiger partial charge in [-0.3, -0.25) is 9.67 Å². The number of fused-ring (bicyclic) bond motifs is 3. The van der Waals surface area contributed by atoms with Gasteiger partial charge in [0.15, 0.2) is 0 Å². The molecule has 3 aromatic heterocycles. The standard InChI is InChI=1S/C47H45N5.Pt/c1-30(2)36-21-15-22-37(31(3)4)42(36)43-44(32-16-10-9-11-17-32)49-52(45(43)47(5,6)7)35-24-25-39-38-20-12-13-23-40(38)51(41(39)29-35)34-19-14-18-33(28-34)46-48-26-27-50(46)8;/h9-27,30-31H,1-8H3;/q-2;+2. The fraction of sp³-hybridized carbons (Fsp3) is 0.234. The number of aryl methyl sites for hydroxylation is 1. The number of nitrogens with zero attached hydrogens (tertiary/aromatic N) is 5. The van der Waals surface area contributed by atoms with Gasteiger partial charge >= 0.3 is 21.1 Å². The Balaban J connectivity index is 0.00000435. The van der Waals surface area contributed by atoms with E-state index in [1.165, 1.54) is 33.3 Å². The van der Waals surface area contributed by atoms with Crippen LogP contribution >= 0.6 is 0 Å². The summed E-state index contributed by atoms with van der Waals surface area (Å²) in [5, 5.41) is 7.88. The molecule has 0 saturated heterocycles. The van der Waals surface area contributed by atoms with Crippen LogP contribution in [0, 0.1) is 12.1 Å². The molecule has 0 radical (unpaired) electrons. The fourth-order valence-corrected chi connectivity index (χ4v) is 7.76. The molecule has 6 heteroatoms. The molecular weight excluding hydrogens is 830 g/mol. The molecule has 5 nitrogen and oxygen atoms in total. The van der Waals surface area contributed by atoms with Crippen LogP contribution in [0.1, 0.15) is 77.1 Å². The summed E-state index contributed by atoms with van der Waals surface area (Å²) in [7, 11) is 2.02. The third kappa shape index (κ3) is 6.29. The van der Waals surface area contributed by atoms with Gasteiger partial charge in [0.25, 0.3) is 0 Å². The Labute approximate surface area is 327 Å². The Hall–Kier alpha value is -4.99. The van der Waals surface area contributed by atoms with Gasteiger partial charge in [0, 0.05) is 41.5 Å². The summed E-state index contributed by atoms with van der Waals surface area (Å²) in [4.78, 5) is 4.62. The van der Waals surface area contributed by atoms with Crippen LogP contribution in [0.3, 0.4) is 0 Å². The van der Waals surface area contributed by atoms with Gasteiger partial charge in [0.1, 0.15) is 5.69 Å². The van der Waals surface area contributed by atoms with Crippen LogP contribution in [0.5, 0.6) is 0 Å². The van der Waals surface area contributed by atoms with E-state index in [1.54, 1.807) is 0 Å². The predicted octanol–water partition coefficient (Wildman–Crippen LogP) is 11.8. The molecular formula is C47H45N5Pt. The van der Waals surface area contributed by atoms with Gasteiger partial charge in [-0.1, -0.05) is 121 Å². The molecule has 0 N–H and O–H groups in total.